The quantitative estimate of drug-likeness (QED) is 0.682. The number of hydrogen-bond acceptors (Lipinski definition) is 2. The highest BCUT2D eigenvalue weighted by Crippen LogP contribution is 2.32. The van der Waals surface area contributed by atoms with Crippen molar-refractivity contribution < 1.29 is 9.53 Å². The van der Waals surface area contributed by atoms with E-state index in [1.165, 1.54) is 13.2 Å². The molecule has 0 saturated heterocycles. The van der Waals surface area contributed by atoms with E-state index in [-0.39, 0.29) is 5.78 Å². The Hall–Kier alpha value is -1.03. The molecule has 0 amide bonds. The van der Waals surface area contributed by atoms with E-state index in [1.807, 2.05) is 19.1 Å². The molecule has 0 aliphatic rings. The van der Waals surface area contributed by atoms with Crippen LogP contribution in [0.25, 0.3) is 0 Å². The van der Waals surface area contributed by atoms with Crippen molar-refractivity contribution in [3.63, 3.8) is 0 Å². The lowest BCUT2D eigenvalue weighted by Crippen LogP contribution is -2.05. The molecule has 104 valence electrons. The fraction of sp³-hybridized carbons (Fsp3) is 0.133. The summed E-state index contributed by atoms with van der Waals surface area (Å²) in [7, 11) is 1.50. The van der Waals surface area contributed by atoms with Crippen LogP contribution < -0.4 is 4.74 Å². The molecule has 2 aromatic carbocycles. The van der Waals surface area contributed by atoms with Crippen LogP contribution in [0.5, 0.6) is 5.75 Å². The monoisotopic (exact) mass is 372 g/mol. The predicted molar refractivity (Wildman–Crippen MR) is 85.3 cm³/mol. The standard InChI is InChI=1S/C15H11BrCl2O2/c1-8-3-4-9(16)5-10(8)15(19)11-6-13(18)14(20-2)7-12(11)17/h3-7H,1-2H3. The molecule has 2 aromatic rings. The Morgan fingerprint density at radius 3 is 2.45 bits per heavy atom. The number of halogens is 3. The van der Waals surface area contributed by atoms with Crippen LogP contribution >= 0.6 is 39.1 Å². The first-order valence-electron chi connectivity index (χ1n) is 5.78. The van der Waals surface area contributed by atoms with Crippen molar-refractivity contribution in [2.75, 3.05) is 7.11 Å². The summed E-state index contributed by atoms with van der Waals surface area (Å²) in [4.78, 5) is 12.6. The zero-order valence-electron chi connectivity index (χ0n) is 10.8. The molecule has 0 saturated carbocycles. The summed E-state index contributed by atoms with van der Waals surface area (Å²) in [5.74, 6) is 0.275. The van der Waals surface area contributed by atoms with Crippen molar-refractivity contribution in [1.29, 1.82) is 0 Å². The highest BCUT2D eigenvalue weighted by Gasteiger charge is 2.18. The second-order valence-corrected chi connectivity index (χ2v) is 5.99. The van der Waals surface area contributed by atoms with Crippen LogP contribution in [-0.4, -0.2) is 12.9 Å². The summed E-state index contributed by atoms with van der Waals surface area (Å²) in [5, 5.41) is 0.670. The van der Waals surface area contributed by atoms with Gasteiger partial charge in [0.15, 0.2) is 5.78 Å². The molecule has 0 spiro atoms. The lowest BCUT2D eigenvalue weighted by Gasteiger charge is -2.10. The van der Waals surface area contributed by atoms with Crippen molar-refractivity contribution in [3.05, 3.63) is 61.5 Å². The Kier molecular flexibility index (Phi) is 4.74. The Labute approximate surface area is 135 Å². The molecule has 5 heteroatoms. The number of benzene rings is 2. The van der Waals surface area contributed by atoms with E-state index in [9.17, 15) is 4.79 Å². The third-order valence-electron chi connectivity index (χ3n) is 2.93. The number of methoxy groups -OCH3 is 1. The largest absolute Gasteiger partial charge is 0.495 e. The van der Waals surface area contributed by atoms with Gasteiger partial charge in [-0.2, -0.15) is 0 Å². The van der Waals surface area contributed by atoms with E-state index in [0.29, 0.717) is 26.9 Å². The van der Waals surface area contributed by atoms with Crippen LogP contribution in [0, 0.1) is 6.92 Å². The molecule has 0 aliphatic carbocycles. The summed E-state index contributed by atoms with van der Waals surface area (Å²) in [5.41, 5.74) is 1.82. The lowest BCUT2D eigenvalue weighted by atomic mass is 9.99. The van der Waals surface area contributed by atoms with Crippen LogP contribution in [0.1, 0.15) is 21.5 Å². The molecule has 0 radical (unpaired) electrons. The number of ether oxygens (including phenoxy) is 1. The van der Waals surface area contributed by atoms with Gasteiger partial charge in [0.25, 0.3) is 0 Å². The van der Waals surface area contributed by atoms with E-state index >= 15 is 0 Å². The third-order valence-corrected chi connectivity index (χ3v) is 4.03. The fourth-order valence-corrected chi connectivity index (χ4v) is 2.68. The molecular weight excluding hydrogens is 363 g/mol. The van der Waals surface area contributed by atoms with Crippen molar-refractivity contribution in [3.8, 4) is 5.75 Å². The van der Waals surface area contributed by atoms with Gasteiger partial charge in [0.2, 0.25) is 0 Å². The zero-order valence-corrected chi connectivity index (χ0v) is 13.9. The molecule has 0 fully saturated rings. The third kappa shape index (κ3) is 3.00. The highest BCUT2D eigenvalue weighted by molar-refractivity contribution is 9.10. The first-order chi connectivity index (χ1) is 9.43. The molecule has 2 rings (SSSR count). The van der Waals surface area contributed by atoms with Gasteiger partial charge in [0.05, 0.1) is 17.2 Å². The molecule has 0 atom stereocenters. The van der Waals surface area contributed by atoms with Gasteiger partial charge in [0.1, 0.15) is 5.75 Å². The Morgan fingerprint density at radius 2 is 1.80 bits per heavy atom. The van der Waals surface area contributed by atoms with Crippen LogP contribution in [0.4, 0.5) is 0 Å². The SMILES string of the molecule is COc1cc(Cl)c(C(=O)c2cc(Br)ccc2C)cc1Cl. The molecule has 0 N–H and O–H groups in total. The number of carbonyl (C=O) groups excluding carboxylic acids is 1. The summed E-state index contributed by atoms with van der Waals surface area (Å²) in [6.07, 6.45) is 0. The van der Waals surface area contributed by atoms with Gasteiger partial charge in [-0.3, -0.25) is 4.79 Å². The van der Waals surface area contributed by atoms with Crippen LogP contribution in [-0.2, 0) is 0 Å². The minimum absolute atomic E-state index is 0.168. The van der Waals surface area contributed by atoms with Gasteiger partial charge in [-0.1, -0.05) is 45.2 Å². The van der Waals surface area contributed by atoms with Crippen molar-refractivity contribution >= 4 is 44.9 Å². The Morgan fingerprint density at radius 1 is 1.10 bits per heavy atom. The fourth-order valence-electron chi connectivity index (χ4n) is 1.84. The number of aryl methyl sites for hydroxylation is 1. The van der Waals surface area contributed by atoms with E-state index in [4.69, 9.17) is 27.9 Å². The molecule has 2 nitrogen and oxygen atoms in total. The second-order valence-electron chi connectivity index (χ2n) is 4.25. The van der Waals surface area contributed by atoms with Gasteiger partial charge in [-0.15, -0.1) is 0 Å². The number of ketones is 1. The first-order valence-corrected chi connectivity index (χ1v) is 7.33. The molecule has 0 aliphatic heterocycles. The van der Waals surface area contributed by atoms with Gasteiger partial charge in [-0.25, -0.2) is 0 Å². The Bertz CT molecular complexity index is 684. The van der Waals surface area contributed by atoms with Crippen LogP contribution in [0.15, 0.2) is 34.8 Å². The summed E-state index contributed by atoms with van der Waals surface area (Å²) < 4.78 is 5.91. The van der Waals surface area contributed by atoms with Gasteiger partial charge >= 0.3 is 0 Å². The number of carbonyl (C=O) groups is 1. The molecular formula is C15H11BrCl2O2. The minimum Gasteiger partial charge on any atom is -0.495 e. The summed E-state index contributed by atoms with van der Waals surface area (Å²) in [6.45, 7) is 1.87. The van der Waals surface area contributed by atoms with Crippen LogP contribution in [0.2, 0.25) is 10.0 Å². The summed E-state index contributed by atoms with van der Waals surface area (Å²) in [6, 6.07) is 8.60. The predicted octanol–water partition coefficient (Wildman–Crippen LogP) is 5.30. The Balaban J connectivity index is 2.54. The van der Waals surface area contributed by atoms with Crippen molar-refractivity contribution in [1.82, 2.24) is 0 Å². The topological polar surface area (TPSA) is 26.3 Å². The smallest absolute Gasteiger partial charge is 0.194 e. The normalized spacial score (nSPS) is 10.4. The number of hydrogen-bond donors (Lipinski definition) is 0. The zero-order chi connectivity index (χ0) is 14.9. The number of rotatable bonds is 3. The molecule has 0 aromatic heterocycles. The second kappa shape index (κ2) is 6.17. The average molecular weight is 374 g/mol. The average Bonchev–Trinajstić information content (AvgIpc) is 2.42. The van der Waals surface area contributed by atoms with E-state index in [2.05, 4.69) is 15.9 Å². The maximum atomic E-state index is 12.6. The maximum absolute atomic E-state index is 12.6. The molecule has 0 unspecified atom stereocenters. The van der Waals surface area contributed by atoms with E-state index in [1.54, 1.807) is 12.1 Å². The van der Waals surface area contributed by atoms with Crippen molar-refractivity contribution in [2.45, 2.75) is 6.92 Å². The lowest BCUT2D eigenvalue weighted by molar-refractivity contribution is 0.103. The highest BCUT2D eigenvalue weighted by atomic mass is 79.9. The first kappa shape index (κ1) is 15.4. The van der Waals surface area contributed by atoms with Crippen LogP contribution in [0.3, 0.4) is 0 Å². The molecule has 0 bridgehead atoms. The van der Waals surface area contributed by atoms with Gasteiger partial charge in [-0.05, 0) is 30.7 Å². The van der Waals surface area contributed by atoms with E-state index < -0.39 is 0 Å². The minimum atomic E-state index is -0.168. The molecule has 20 heavy (non-hydrogen) atoms. The van der Waals surface area contributed by atoms with Gasteiger partial charge < -0.3 is 4.74 Å². The van der Waals surface area contributed by atoms with E-state index in [0.717, 1.165) is 10.0 Å². The van der Waals surface area contributed by atoms with Crippen molar-refractivity contribution in [2.24, 2.45) is 0 Å². The molecule has 0 heterocycles. The van der Waals surface area contributed by atoms with Gasteiger partial charge in [0, 0.05) is 21.7 Å². The maximum Gasteiger partial charge on any atom is 0.194 e. The summed E-state index contributed by atoms with van der Waals surface area (Å²) >= 11 is 15.6.